The number of aromatic nitrogens is 2. The maximum Gasteiger partial charge on any atom is 0.407 e. The molecule has 3 fully saturated rings. The van der Waals surface area contributed by atoms with E-state index in [1.165, 1.54) is 47.9 Å². The number of methoxy groups -OCH3 is 1. The van der Waals surface area contributed by atoms with Gasteiger partial charge in [-0.15, -0.1) is 0 Å². The van der Waals surface area contributed by atoms with Gasteiger partial charge in [0.1, 0.15) is 12.4 Å². The highest BCUT2D eigenvalue weighted by atomic mass is 16.5. The molecule has 0 spiro atoms. The molecule has 252 valence electrons. The second-order valence-corrected chi connectivity index (χ2v) is 13.5. The van der Waals surface area contributed by atoms with Crippen molar-refractivity contribution in [3.63, 3.8) is 0 Å². The number of alkyl carbamates (subject to hydrolysis) is 1. The smallest absolute Gasteiger partial charge is 0.407 e. The van der Waals surface area contributed by atoms with Crippen LogP contribution in [0, 0.1) is 0 Å². The van der Waals surface area contributed by atoms with Crippen molar-refractivity contribution in [3.8, 4) is 11.3 Å². The maximum atomic E-state index is 12.9. The van der Waals surface area contributed by atoms with Crippen LogP contribution < -0.4 is 20.9 Å². The van der Waals surface area contributed by atoms with Crippen LogP contribution in [0.2, 0.25) is 0 Å². The second kappa shape index (κ2) is 13.3. The number of nitrogens with zero attached hydrogens (tertiary/aromatic N) is 3. The Bertz CT molecular complexity index is 1830. The van der Waals surface area contributed by atoms with Gasteiger partial charge in [0.25, 0.3) is 0 Å². The number of likely N-dealkylation sites (tertiary alicyclic amines) is 1. The zero-order chi connectivity index (χ0) is 33.3. The Morgan fingerprint density at radius 3 is 2.14 bits per heavy atom. The first-order valence-corrected chi connectivity index (χ1v) is 17.5. The van der Waals surface area contributed by atoms with Gasteiger partial charge in [-0.1, -0.05) is 60.7 Å². The Labute approximate surface area is 286 Å². The van der Waals surface area contributed by atoms with Crippen LogP contribution in [0.25, 0.3) is 17.0 Å². The molecule has 49 heavy (non-hydrogen) atoms. The minimum atomic E-state index is -0.613. The van der Waals surface area contributed by atoms with E-state index in [9.17, 15) is 9.59 Å². The molecule has 2 unspecified atom stereocenters. The third kappa shape index (κ3) is 6.35. The zero-order valence-electron chi connectivity index (χ0n) is 27.8. The Kier molecular flexibility index (Phi) is 8.45. The van der Waals surface area contributed by atoms with Gasteiger partial charge in [-0.05, 0) is 84.4 Å². The van der Waals surface area contributed by atoms with Crippen molar-refractivity contribution >= 4 is 23.4 Å². The van der Waals surface area contributed by atoms with Crippen LogP contribution in [-0.2, 0) is 9.53 Å². The summed E-state index contributed by atoms with van der Waals surface area (Å²) >= 11 is 0. The number of H-pyrrole nitrogens is 1. The van der Waals surface area contributed by atoms with Gasteiger partial charge in [-0.3, -0.25) is 4.79 Å². The molecule has 10 heteroatoms. The molecule has 0 bridgehead atoms. The first-order valence-electron chi connectivity index (χ1n) is 17.5. The molecule has 4 heterocycles. The van der Waals surface area contributed by atoms with Crippen molar-refractivity contribution < 1.29 is 14.3 Å². The standard InChI is InChI=1S/C39H43N7O3/c1-49-39(48)42-23-37(47)45-20-2-3-36(45)38-41-22-33(44-38)28-8-12-30(13-9-28)35-19-18-34(29-10-6-27(7-11-29)32-21-40-24-43-32)46(35)31-16-14-26(15-17-31)25-4-5-25/h6-17,21-22,25,34-36,40,43H,2-5,18-20,23-24H2,1H3,(H,41,44)(H,42,48)/t34?,35?,36-/m0/s1. The van der Waals surface area contributed by atoms with E-state index in [-0.39, 0.29) is 30.6 Å². The molecule has 1 aromatic heterocycles. The van der Waals surface area contributed by atoms with Gasteiger partial charge in [-0.2, -0.15) is 0 Å². The monoisotopic (exact) mass is 657 g/mol. The van der Waals surface area contributed by atoms with Crippen molar-refractivity contribution in [3.05, 3.63) is 113 Å². The fourth-order valence-electron chi connectivity index (χ4n) is 7.79. The van der Waals surface area contributed by atoms with Crippen molar-refractivity contribution in [1.82, 2.24) is 30.8 Å². The van der Waals surface area contributed by atoms with Gasteiger partial charge in [0.2, 0.25) is 5.91 Å². The fraction of sp³-hybridized carbons (Fsp3) is 0.359. The van der Waals surface area contributed by atoms with E-state index in [4.69, 9.17) is 0 Å². The molecular formula is C39H43N7O3. The largest absolute Gasteiger partial charge is 0.453 e. The summed E-state index contributed by atoms with van der Waals surface area (Å²) in [6.45, 7) is 1.31. The van der Waals surface area contributed by atoms with Crippen LogP contribution in [0.5, 0.6) is 0 Å². The number of benzene rings is 3. The predicted molar refractivity (Wildman–Crippen MR) is 189 cm³/mol. The van der Waals surface area contributed by atoms with E-state index < -0.39 is 6.09 Å². The Morgan fingerprint density at radius 2 is 1.51 bits per heavy atom. The van der Waals surface area contributed by atoms with Crippen LogP contribution in [-0.4, -0.2) is 53.7 Å². The molecule has 4 aromatic rings. The van der Waals surface area contributed by atoms with Crippen LogP contribution in [0.15, 0.2) is 85.2 Å². The third-order valence-electron chi connectivity index (χ3n) is 10.5. The fourth-order valence-corrected chi connectivity index (χ4v) is 7.79. The number of rotatable bonds is 9. The van der Waals surface area contributed by atoms with Crippen molar-refractivity contribution in [2.45, 2.75) is 62.6 Å². The lowest BCUT2D eigenvalue weighted by atomic mass is 10.0. The van der Waals surface area contributed by atoms with Crippen molar-refractivity contribution in [2.24, 2.45) is 0 Å². The quantitative estimate of drug-likeness (QED) is 0.162. The number of aromatic amines is 1. The molecule has 2 amide bonds. The molecule has 1 aliphatic carbocycles. The highest BCUT2D eigenvalue weighted by Gasteiger charge is 2.36. The predicted octanol–water partition coefficient (Wildman–Crippen LogP) is 6.51. The lowest BCUT2D eigenvalue weighted by Gasteiger charge is -2.33. The first-order chi connectivity index (χ1) is 24.1. The lowest BCUT2D eigenvalue weighted by molar-refractivity contribution is -0.131. The highest BCUT2D eigenvalue weighted by molar-refractivity contribution is 5.82. The minimum absolute atomic E-state index is 0.0965. The summed E-state index contributed by atoms with van der Waals surface area (Å²) in [5, 5.41) is 9.13. The van der Waals surface area contributed by atoms with Gasteiger partial charge >= 0.3 is 6.09 Å². The summed E-state index contributed by atoms with van der Waals surface area (Å²) < 4.78 is 4.61. The molecular weight excluding hydrogens is 614 g/mol. The molecule has 2 saturated heterocycles. The summed E-state index contributed by atoms with van der Waals surface area (Å²) in [5.41, 5.74) is 9.67. The first kappa shape index (κ1) is 31.0. The molecule has 4 N–H and O–H groups in total. The number of carbonyl (C=O) groups is 2. The molecule has 0 radical (unpaired) electrons. The van der Waals surface area contributed by atoms with E-state index in [2.05, 4.69) is 108 Å². The molecule has 1 saturated carbocycles. The van der Waals surface area contributed by atoms with Gasteiger partial charge in [0.15, 0.2) is 0 Å². The number of hydrogen-bond acceptors (Lipinski definition) is 7. The van der Waals surface area contributed by atoms with Crippen LogP contribution >= 0.6 is 0 Å². The number of anilines is 1. The Morgan fingerprint density at radius 1 is 0.837 bits per heavy atom. The summed E-state index contributed by atoms with van der Waals surface area (Å²) in [4.78, 5) is 36.9. The number of ether oxygens (including phenoxy) is 1. The molecule has 8 rings (SSSR count). The van der Waals surface area contributed by atoms with E-state index >= 15 is 0 Å². The van der Waals surface area contributed by atoms with Gasteiger partial charge in [-0.25, -0.2) is 9.78 Å². The third-order valence-corrected chi connectivity index (χ3v) is 10.5. The van der Waals surface area contributed by atoms with E-state index in [0.29, 0.717) is 6.54 Å². The van der Waals surface area contributed by atoms with E-state index in [1.807, 2.05) is 12.4 Å². The summed E-state index contributed by atoms with van der Waals surface area (Å²) in [6, 6.07) is 27.6. The van der Waals surface area contributed by atoms with Crippen LogP contribution in [0.3, 0.4) is 0 Å². The van der Waals surface area contributed by atoms with Crippen LogP contribution in [0.4, 0.5) is 10.5 Å². The SMILES string of the molecule is COC(=O)NCC(=O)N1CCC[C@H]1c1ncc(-c2ccc(C3CCC(c4ccc(C5=CNCN5)cc4)N3c3ccc(C4CC4)cc3)cc2)[nH]1. The van der Waals surface area contributed by atoms with Crippen molar-refractivity contribution in [2.75, 3.05) is 31.8 Å². The van der Waals surface area contributed by atoms with Gasteiger partial charge in [0.05, 0.1) is 49.5 Å². The summed E-state index contributed by atoms with van der Waals surface area (Å²) in [7, 11) is 1.29. The topological polar surface area (TPSA) is 115 Å². The minimum Gasteiger partial charge on any atom is -0.453 e. The van der Waals surface area contributed by atoms with E-state index in [1.54, 1.807) is 4.90 Å². The normalized spacial score (nSPS) is 21.7. The van der Waals surface area contributed by atoms with Crippen LogP contribution in [0.1, 0.15) is 90.6 Å². The highest BCUT2D eigenvalue weighted by Crippen LogP contribution is 2.48. The van der Waals surface area contributed by atoms with Crippen molar-refractivity contribution in [1.29, 1.82) is 0 Å². The summed E-state index contributed by atoms with van der Waals surface area (Å²) in [5.74, 6) is 1.36. The van der Waals surface area contributed by atoms with Gasteiger partial charge < -0.3 is 35.5 Å². The molecule has 3 atom stereocenters. The Balaban J connectivity index is 1.01. The number of carbonyl (C=O) groups excluding carboxylic acids is 2. The lowest BCUT2D eigenvalue weighted by Crippen LogP contribution is -2.40. The second-order valence-electron chi connectivity index (χ2n) is 13.5. The molecule has 3 aromatic carbocycles. The zero-order valence-corrected chi connectivity index (χ0v) is 27.8. The average Bonchev–Trinajstić information content (AvgIpc) is 3.62. The number of amides is 2. The van der Waals surface area contributed by atoms with E-state index in [0.717, 1.165) is 61.0 Å². The Hall–Kier alpha value is -5.25. The molecule has 10 nitrogen and oxygen atoms in total. The van der Waals surface area contributed by atoms with Gasteiger partial charge in [0, 0.05) is 18.4 Å². The number of imidazole rings is 1. The number of nitrogens with one attached hydrogen (secondary N) is 4. The maximum absolute atomic E-state index is 12.9. The average molecular weight is 658 g/mol. The molecule has 3 aliphatic heterocycles. The summed E-state index contributed by atoms with van der Waals surface area (Å²) in [6.07, 6.45) is 9.75. The number of hydrogen-bond donors (Lipinski definition) is 4. The molecule has 4 aliphatic rings.